The number of hydrogen-bond acceptors (Lipinski definition) is 8. The summed E-state index contributed by atoms with van der Waals surface area (Å²) in [4.78, 5) is 20.9. The van der Waals surface area contributed by atoms with E-state index in [0.29, 0.717) is 27.4 Å². The van der Waals surface area contributed by atoms with Crippen molar-refractivity contribution in [2.45, 2.75) is 12.7 Å². The quantitative estimate of drug-likeness (QED) is 0.299. The lowest BCUT2D eigenvalue weighted by atomic mass is 10.1. The highest BCUT2D eigenvalue weighted by molar-refractivity contribution is 9.10. The smallest absolute Gasteiger partial charge is 0.287 e. The molecule has 13 heteroatoms. The maximum Gasteiger partial charge on any atom is 0.287 e. The third kappa shape index (κ3) is 6.23. The summed E-state index contributed by atoms with van der Waals surface area (Å²) in [5.41, 5.74) is 0.693. The molecular weight excluding hydrogens is 535 g/mol. The van der Waals surface area contributed by atoms with Gasteiger partial charge in [0.05, 0.1) is 37.1 Å². The lowest BCUT2D eigenvalue weighted by Crippen LogP contribution is -2.36. The van der Waals surface area contributed by atoms with Gasteiger partial charge in [0.1, 0.15) is 5.82 Å². The fourth-order valence-corrected chi connectivity index (χ4v) is 3.27. The number of nitrogens with zero attached hydrogens (tertiary/aromatic N) is 2. The number of nitrogens with one attached hydrogen (secondary N) is 3. The van der Waals surface area contributed by atoms with Crippen molar-refractivity contribution in [2.75, 3.05) is 32.0 Å². The van der Waals surface area contributed by atoms with Crippen LogP contribution in [-0.4, -0.2) is 49.9 Å². The van der Waals surface area contributed by atoms with Crippen molar-refractivity contribution < 1.29 is 32.2 Å². The zero-order valence-corrected chi connectivity index (χ0v) is 20.3. The molecule has 0 aliphatic heterocycles. The largest absolute Gasteiger partial charge is 0.493 e. The molecule has 1 atom stereocenters. The van der Waals surface area contributed by atoms with E-state index in [1.807, 2.05) is 0 Å². The second-order valence-corrected chi connectivity index (χ2v) is 7.66. The van der Waals surface area contributed by atoms with Gasteiger partial charge in [0.25, 0.3) is 12.3 Å². The molecule has 0 saturated heterocycles. The summed E-state index contributed by atoms with van der Waals surface area (Å²) < 4.78 is 54.8. The van der Waals surface area contributed by atoms with E-state index in [1.165, 1.54) is 45.7 Å². The molecule has 3 N–H and O–H groups in total. The molecule has 1 aromatic heterocycles. The van der Waals surface area contributed by atoms with Crippen LogP contribution in [0.4, 0.5) is 36.3 Å². The standard InChI is InChI=1S/C22H21BrF3N5O4/c1-33-15-8-11(9-16(34-2)17(15)35-3)28-22-27-10-13(23)20(31-22)29-14-7-5-4-6-12(14)21(32)30-19(26)18(24)25/h4-10,18-19H,1-3H3,(H,30,32)(H2,27,28,29,31). The van der Waals surface area contributed by atoms with Gasteiger partial charge < -0.3 is 30.2 Å². The molecule has 0 spiro atoms. The second-order valence-electron chi connectivity index (χ2n) is 6.81. The number of hydrogen-bond donors (Lipinski definition) is 3. The third-order valence-corrected chi connectivity index (χ3v) is 5.16. The van der Waals surface area contributed by atoms with Gasteiger partial charge in [-0.1, -0.05) is 12.1 Å². The molecule has 3 aromatic rings. The zero-order valence-electron chi connectivity index (χ0n) is 18.7. The van der Waals surface area contributed by atoms with Gasteiger partial charge in [-0.15, -0.1) is 0 Å². The van der Waals surface area contributed by atoms with Gasteiger partial charge in [-0.3, -0.25) is 4.79 Å². The summed E-state index contributed by atoms with van der Waals surface area (Å²) in [7, 11) is 4.46. The molecule has 1 amide bonds. The monoisotopic (exact) mass is 555 g/mol. The van der Waals surface area contributed by atoms with E-state index in [2.05, 4.69) is 36.5 Å². The molecular formula is C22H21BrF3N5O4. The molecule has 186 valence electrons. The average molecular weight is 556 g/mol. The van der Waals surface area contributed by atoms with Crippen LogP contribution in [0.15, 0.2) is 47.1 Å². The first kappa shape index (κ1) is 25.9. The molecule has 1 unspecified atom stereocenters. The molecule has 2 aromatic carbocycles. The van der Waals surface area contributed by atoms with Crippen LogP contribution in [0.2, 0.25) is 0 Å². The zero-order chi connectivity index (χ0) is 25.5. The Labute approximate surface area is 207 Å². The summed E-state index contributed by atoms with van der Waals surface area (Å²) >= 11 is 3.33. The van der Waals surface area contributed by atoms with Crippen molar-refractivity contribution in [2.24, 2.45) is 0 Å². The Hall–Kier alpha value is -3.74. The van der Waals surface area contributed by atoms with E-state index in [4.69, 9.17) is 14.2 Å². The van der Waals surface area contributed by atoms with Gasteiger partial charge in [-0.2, -0.15) is 4.98 Å². The molecule has 0 aliphatic rings. The van der Waals surface area contributed by atoms with Crippen molar-refractivity contribution in [1.29, 1.82) is 0 Å². The summed E-state index contributed by atoms with van der Waals surface area (Å²) in [5, 5.41) is 7.58. The SMILES string of the molecule is COc1cc(Nc2ncc(Br)c(Nc3ccccc3C(=O)NC(F)C(F)F)n2)cc(OC)c1OC. The first-order valence-electron chi connectivity index (χ1n) is 9.96. The Bertz CT molecular complexity index is 1180. The topological polar surface area (TPSA) is 107 Å². The molecule has 9 nitrogen and oxygen atoms in total. The van der Waals surface area contributed by atoms with Crippen LogP contribution in [0.25, 0.3) is 0 Å². The van der Waals surface area contributed by atoms with E-state index in [-0.39, 0.29) is 23.0 Å². The van der Waals surface area contributed by atoms with Crippen LogP contribution in [0, 0.1) is 0 Å². The maximum absolute atomic E-state index is 13.3. The molecule has 0 bridgehead atoms. The van der Waals surface area contributed by atoms with Gasteiger partial charge in [-0.25, -0.2) is 18.2 Å². The predicted molar refractivity (Wildman–Crippen MR) is 127 cm³/mol. The van der Waals surface area contributed by atoms with Gasteiger partial charge in [0.2, 0.25) is 18.0 Å². The number of rotatable bonds is 10. The number of aromatic nitrogens is 2. The van der Waals surface area contributed by atoms with Crippen molar-refractivity contribution in [1.82, 2.24) is 15.3 Å². The van der Waals surface area contributed by atoms with Crippen molar-refractivity contribution >= 4 is 45.0 Å². The fraction of sp³-hybridized carbons (Fsp3) is 0.227. The molecule has 0 saturated carbocycles. The minimum absolute atomic E-state index is 0.0551. The normalized spacial score (nSPS) is 11.5. The minimum Gasteiger partial charge on any atom is -0.493 e. The molecule has 0 fully saturated rings. The Morgan fingerprint density at radius 1 is 1.00 bits per heavy atom. The van der Waals surface area contributed by atoms with E-state index < -0.39 is 18.6 Å². The molecule has 1 heterocycles. The lowest BCUT2D eigenvalue weighted by Gasteiger charge is -2.16. The van der Waals surface area contributed by atoms with Crippen molar-refractivity contribution in [3.05, 3.63) is 52.6 Å². The van der Waals surface area contributed by atoms with Crippen molar-refractivity contribution in [3.8, 4) is 17.2 Å². The summed E-state index contributed by atoms with van der Waals surface area (Å²) in [6.45, 7) is 0. The Morgan fingerprint density at radius 2 is 1.66 bits per heavy atom. The molecule has 0 aliphatic carbocycles. The van der Waals surface area contributed by atoms with E-state index in [1.54, 1.807) is 23.5 Å². The number of carbonyl (C=O) groups is 1. The number of halogens is 4. The number of methoxy groups -OCH3 is 3. The molecule has 3 rings (SSSR count). The lowest BCUT2D eigenvalue weighted by molar-refractivity contribution is 0.0287. The van der Waals surface area contributed by atoms with E-state index in [9.17, 15) is 18.0 Å². The van der Waals surface area contributed by atoms with Crippen LogP contribution in [0.1, 0.15) is 10.4 Å². The number of para-hydroxylation sites is 1. The number of ether oxygens (including phenoxy) is 3. The van der Waals surface area contributed by atoms with Crippen LogP contribution < -0.4 is 30.2 Å². The van der Waals surface area contributed by atoms with Gasteiger partial charge in [0, 0.05) is 24.0 Å². The predicted octanol–water partition coefficient (Wildman–Crippen LogP) is 5.04. The van der Waals surface area contributed by atoms with E-state index in [0.717, 1.165) is 0 Å². The van der Waals surface area contributed by atoms with Crippen LogP contribution in [0.3, 0.4) is 0 Å². The third-order valence-electron chi connectivity index (χ3n) is 4.58. The Morgan fingerprint density at radius 3 is 2.26 bits per heavy atom. The summed E-state index contributed by atoms with van der Waals surface area (Å²) in [5.74, 6) is 0.660. The summed E-state index contributed by atoms with van der Waals surface area (Å²) in [6.07, 6.45) is -4.68. The highest BCUT2D eigenvalue weighted by Crippen LogP contribution is 2.40. The number of alkyl halides is 3. The molecule has 35 heavy (non-hydrogen) atoms. The fourth-order valence-electron chi connectivity index (χ4n) is 2.98. The highest BCUT2D eigenvalue weighted by Gasteiger charge is 2.23. The summed E-state index contributed by atoms with van der Waals surface area (Å²) in [6, 6.07) is 9.34. The first-order valence-corrected chi connectivity index (χ1v) is 10.7. The second kappa shape index (κ2) is 11.6. The van der Waals surface area contributed by atoms with Crippen molar-refractivity contribution in [3.63, 3.8) is 0 Å². The van der Waals surface area contributed by atoms with Gasteiger partial charge in [0.15, 0.2) is 11.5 Å². The van der Waals surface area contributed by atoms with Crippen LogP contribution >= 0.6 is 15.9 Å². The van der Waals surface area contributed by atoms with Crippen LogP contribution in [0.5, 0.6) is 17.2 Å². The molecule has 0 radical (unpaired) electrons. The minimum atomic E-state index is -3.35. The Balaban J connectivity index is 1.88. The number of benzene rings is 2. The highest BCUT2D eigenvalue weighted by atomic mass is 79.9. The number of carbonyl (C=O) groups excluding carboxylic acids is 1. The average Bonchev–Trinajstić information content (AvgIpc) is 2.85. The van der Waals surface area contributed by atoms with Gasteiger partial charge in [-0.05, 0) is 28.1 Å². The Kier molecular flexibility index (Phi) is 8.58. The number of amides is 1. The number of anilines is 4. The maximum atomic E-state index is 13.3. The van der Waals surface area contributed by atoms with Gasteiger partial charge >= 0.3 is 0 Å². The first-order chi connectivity index (χ1) is 16.8. The van der Waals surface area contributed by atoms with Crippen LogP contribution in [-0.2, 0) is 0 Å². The van der Waals surface area contributed by atoms with E-state index >= 15 is 0 Å².